The predicted molar refractivity (Wildman–Crippen MR) is 75.8 cm³/mol. The molecule has 0 saturated heterocycles. The average Bonchev–Trinajstić information content (AvgIpc) is 2.53. The molecule has 0 aliphatic heterocycles. The highest BCUT2D eigenvalue weighted by Crippen LogP contribution is 2.24. The second kappa shape index (κ2) is 8.72. The largest absolute Gasteiger partial charge is 0.381 e. The third-order valence-electron chi connectivity index (χ3n) is 3.56. The van der Waals surface area contributed by atoms with E-state index in [4.69, 9.17) is 0 Å². The number of rotatable bonds is 9. The standard InChI is InChI=1S/C14H19F5O3Si/c15-9-8(10(16)12(18)13(19)11(9)17)6-4-2-1-3-5-7-14(20,21)22-23/h20-21H,1-7H2,23H3. The molecule has 0 aromatic heterocycles. The van der Waals surface area contributed by atoms with Crippen molar-refractivity contribution in [3.8, 4) is 0 Å². The number of benzene rings is 1. The van der Waals surface area contributed by atoms with Gasteiger partial charge in [0.25, 0.3) is 5.97 Å². The molecule has 0 heterocycles. The maximum absolute atomic E-state index is 13.4. The van der Waals surface area contributed by atoms with E-state index in [0.717, 1.165) is 0 Å². The summed E-state index contributed by atoms with van der Waals surface area (Å²) in [7, 11) is 0.190. The van der Waals surface area contributed by atoms with Gasteiger partial charge in [-0.15, -0.1) is 0 Å². The highest BCUT2D eigenvalue weighted by molar-refractivity contribution is 5.98. The van der Waals surface area contributed by atoms with Crippen LogP contribution in [-0.2, 0) is 10.8 Å². The Morgan fingerprint density at radius 3 is 1.70 bits per heavy atom. The summed E-state index contributed by atoms with van der Waals surface area (Å²) < 4.78 is 70.3. The summed E-state index contributed by atoms with van der Waals surface area (Å²) in [5, 5.41) is 18.4. The van der Waals surface area contributed by atoms with E-state index in [1.807, 2.05) is 0 Å². The summed E-state index contributed by atoms with van der Waals surface area (Å²) >= 11 is 0. The van der Waals surface area contributed by atoms with Crippen LogP contribution in [-0.4, -0.2) is 26.7 Å². The number of hydrogen-bond acceptors (Lipinski definition) is 3. The van der Waals surface area contributed by atoms with Crippen LogP contribution in [0.5, 0.6) is 0 Å². The molecule has 1 aromatic carbocycles. The van der Waals surface area contributed by atoms with Gasteiger partial charge in [-0.25, -0.2) is 22.0 Å². The molecule has 9 heteroatoms. The molecule has 0 amide bonds. The zero-order valence-electron chi connectivity index (χ0n) is 12.6. The van der Waals surface area contributed by atoms with Crippen LogP contribution in [0.15, 0.2) is 0 Å². The van der Waals surface area contributed by atoms with Crippen LogP contribution < -0.4 is 0 Å². The maximum Gasteiger partial charge on any atom is 0.267 e. The van der Waals surface area contributed by atoms with Crippen molar-refractivity contribution in [2.45, 2.75) is 50.9 Å². The summed E-state index contributed by atoms with van der Waals surface area (Å²) in [6.07, 6.45) is 2.33. The maximum atomic E-state index is 13.4. The zero-order valence-corrected chi connectivity index (χ0v) is 14.6. The van der Waals surface area contributed by atoms with Crippen molar-refractivity contribution in [2.75, 3.05) is 0 Å². The van der Waals surface area contributed by atoms with Crippen LogP contribution in [0.3, 0.4) is 0 Å². The quantitative estimate of drug-likeness (QED) is 0.178. The SMILES string of the molecule is OC(O)(CCCCCCCc1c(F)c(F)c(F)c(F)c1F)O[SiH3]. The van der Waals surface area contributed by atoms with Crippen molar-refractivity contribution in [3.63, 3.8) is 0 Å². The molecule has 23 heavy (non-hydrogen) atoms. The Balaban J connectivity index is 2.40. The van der Waals surface area contributed by atoms with Gasteiger partial charge in [0.2, 0.25) is 5.82 Å². The van der Waals surface area contributed by atoms with Crippen molar-refractivity contribution in [3.05, 3.63) is 34.6 Å². The van der Waals surface area contributed by atoms with Crippen LogP contribution >= 0.6 is 0 Å². The van der Waals surface area contributed by atoms with E-state index in [9.17, 15) is 32.2 Å². The molecule has 0 aliphatic carbocycles. The second-order valence-electron chi connectivity index (χ2n) is 5.26. The number of halogens is 5. The van der Waals surface area contributed by atoms with Gasteiger partial charge in [0.05, 0.1) is 0 Å². The predicted octanol–water partition coefficient (Wildman–Crippen LogP) is 2.20. The summed E-state index contributed by atoms with van der Waals surface area (Å²) in [4.78, 5) is 0. The van der Waals surface area contributed by atoms with Crippen molar-refractivity contribution in [2.24, 2.45) is 0 Å². The van der Waals surface area contributed by atoms with Gasteiger partial charge in [-0.05, 0) is 19.3 Å². The van der Waals surface area contributed by atoms with Gasteiger partial charge in [-0.3, -0.25) is 0 Å². The summed E-state index contributed by atoms with van der Waals surface area (Å²) in [5.74, 6) is -11.7. The lowest BCUT2D eigenvalue weighted by molar-refractivity contribution is -0.295. The Labute approximate surface area is 133 Å². The van der Waals surface area contributed by atoms with Crippen molar-refractivity contribution in [1.29, 1.82) is 0 Å². The van der Waals surface area contributed by atoms with Gasteiger partial charge in [-0.2, -0.15) is 0 Å². The molecule has 1 rings (SSSR count). The van der Waals surface area contributed by atoms with Gasteiger partial charge < -0.3 is 14.6 Å². The van der Waals surface area contributed by atoms with Crippen LogP contribution in [0.25, 0.3) is 0 Å². The van der Waals surface area contributed by atoms with Crippen molar-refractivity contribution in [1.82, 2.24) is 0 Å². The molecule has 0 radical (unpaired) electrons. The fourth-order valence-electron chi connectivity index (χ4n) is 2.16. The molecule has 1 aromatic rings. The Morgan fingerprint density at radius 2 is 1.17 bits per heavy atom. The molecule has 0 fully saturated rings. The fraction of sp³-hybridized carbons (Fsp3) is 0.571. The van der Waals surface area contributed by atoms with Gasteiger partial charge in [-0.1, -0.05) is 19.3 Å². The smallest absolute Gasteiger partial charge is 0.267 e. The first-order valence-electron chi connectivity index (χ1n) is 7.21. The van der Waals surface area contributed by atoms with Gasteiger partial charge >= 0.3 is 0 Å². The summed E-state index contributed by atoms with van der Waals surface area (Å²) in [5.41, 5.74) is -0.796. The minimum Gasteiger partial charge on any atom is -0.381 e. The lowest BCUT2D eigenvalue weighted by Crippen LogP contribution is -2.30. The van der Waals surface area contributed by atoms with Crippen LogP contribution in [0.4, 0.5) is 22.0 Å². The minimum absolute atomic E-state index is 0.0497. The summed E-state index contributed by atoms with van der Waals surface area (Å²) in [6.45, 7) is 0. The Morgan fingerprint density at radius 1 is 0.739 bits per heavy atom. The van der Waals surface area contributed by atoms with Crippen molar-refractivity contribution < 1.29 is 36.6 Å². The molecule has 132 valence electrons. The third kappa shape index (κ3) is 5.52. The van der Waals surface area contributed by atoms with E-state index in [0.29, 0.717) is 25.7 Å². The van der Waals surface area contributed by atoms with Gasteiger partial charge in [0.1, 0.15) is 0 Å². The fourth-order valence-corrected chi connectivity index (χ4v) is 2.36. The minimum atomic E-state index is -2.15. The number of hydrogen-bond donors (Lipinski definition) is 2. The lowest BCUT2D eigenvalue weighted by Gasteiger charge is -2.19. The molecular formula is C14H19F5O3Si. The molecule has 0 aliphatic rings. The third-order valence-corrected chi connectivity index (χ3v) is 4.21. The van der Waals surface area contributed by atoms with E-state index >= 15 is 0 Å². The van der Waals surface area contributed by atoms with E-state index in [1.165, 1.54) is 0 Å². The first-order chi connectivity index (χ1) is 10.7. The van der Waals surface area contributed by atoms with E-state index in [1.54, 1.807) is 0 Å². The Hall–Kier alpha value is -1.03. The molecule has 0 atom stereocenters. The van der Waals surface area contributed by atoms with E-state index in [2.05, 4.69) is 4.43 Å². The van der Waals surface area contributed by atoms with E-state index < -0.39 is 40.6 Å². The van der Waals surface area contributed by atoms with Crippen molar-refractivity contribution >= 4 is 10.5 Å². The molecular weight excluding hydrogens is 339 g/mol. The molecule has 0 bridgehead atoms. The highest BCUT2D eigenvalue weighted by Gasteiger charge is 2.25. The topological polar surface area (TPSA) is 49.7 Å². The van der Waals surface area contributed by atoms with Crippen LogP contribution in [0.1, 0.15) is 44.1 Å². The first kappa shape index (κ1) is 20.0. The second-order valence-corrected chi connectivity index (χ2v) is 5.67. The summed E-state index contributed by atoms with van der Waals surface area (Å²) in [6, 6.07) is 0. The molecule has 0 saturated carbocycles. The van der Waals surface area contributed by atoms with Gasteiger partial charge in [0.15, 0.2) is 33.8 Å². The Bertz CT molecular complexity index is 511. The van der Waals surface area contributed by atoms with E-state index in [-0.39, 0.29) is 29.7 Å². The molecule has 0 unspecified atom stereocenters. The normalized spacial score (nSPS) is 12.1. The highest BCUT2D eigenvalue weighted by atomic mass is 28.2. The number of aliphatic hydroxyl groups is 2. The molecule has 0 spiro atoms. The Kier molecular flexibility index (Phi) is 7.58. The molecule has 2 N–H and O–H groups in total. The zero-order chi connectivity index (χ0) is 17.6. The number of unbranched alkanes of at least 4 members (excludes halogenated alkanes) is 4. The average molecular weight is 358 g/mol. The first-order valence-corrected chi connectivity index (χ1v) is 8.03. The lowest BCUT2D eigenvalue weighted by atomic mass is 10.0. The monoisotopic (exact) mass is 358 g/mol. The van der Waals surface area contributed by atoms with Gasteiger partial charge in [0, 0.05) is 12.0 Å². The van der Waals surface area contributed by atoms with Crippen LogP contribution in [0, 0.1) is 29.1 Å². The van der Waals surface area contributed by atoms with Crippen LogP contribution in [0.2, 0.25) is 0 Å². The molecule has 3 nitrogen and oxygen atoms in total.